The normalized spacial score (nSPS) is 14.1. The summed E-state index contributed by atoms with van der Waals surface area (Å²) in [4.78, 5) is 0. The monoisotopic (exact) mass is 522 g/mol. The SMILES string of the molecule is Nc1ccc(Oc2ccc(C3(c4ccc(Oc5ccc(N)cc5)cc4)C=CC(c4ccccc4)C=C3)cc2)cc1. The maximum absolute atomic E-state index is 6.05. The molecule has 196 valence electrons. The predicted octanol–water partition coefficient (Wildman–Crippen LogP) is 8.63. The molecule has 0 heterocycles. The van der Waals surface area contributed by atoms with Crippen LogP contribution in [0, 0.1) is 0 Å². The van der Waals surface area contributed by atoms with E-state index in [0.717, 1.165) is 34.1 Å². The molecule has 5 aromatic carbocycles. The molecule has 0 radical (unpaired) electrons. The van der Waals surface area contributed by atoms with E-state index in [4.69, 9.17) is 20.9 Å². The fraction of sp³-hybridized carbons (Fsp3) is 0.0556. The lowest BCUT2D eigenvalue weighted by molar-refractivity contribution is 0.482. The maximum atomic E-state index is 6.05. The van der Waals surface area contributed by atoms with Crippen molar-refractivity contribution in [2.75, 3.05) is 11.5 Å². The number of anilines is 2. The van der Waals surface area contributed by atoms with Crippen LogP contribution in [0.3, 0.4) is 0 Å². The van der Waals surface area contributed by atoms with Crippen LogP contribution in [-0.2, 0) is 5.41 Å². The molecule has 40 heavy (non-hydrogen) atoms. The number of hydrogen-bond acceptors (Lipinski definition) is 4. The Morgan fingerprint density at radius 1 is 0.450 bits per heavy atom. The molecule has 5 aromatic rings. The van der Waals surface area contributed by atoms with Gasteiger partial charge in [-0.2, -0.15) is 0 Å². The molecule has 0 saturated heterocycles. The summed E-state index contributed by atoms with van der Waals surface area (Å²) >= 11 is 0. The molecule has 0 amide bonds. The number of nitrogen functional groups attached to an aromatic ring is 2. The van der Waals surface area contributed by atoms with Crippen molar-refractivity contribution in [1.82, 2.24) is 0 Å². The molecule has 0 aliphatic heterocycles. The van der Waals surface area contributed by atoms with Crippen LogP contribution in [0.25, 0.3) is 0 Å². The minimum Gasteiger partial charge on any atom is -0.457 e. The van der Waals surface area contributed by atoms with Gasteiger partial charge < -0.3 is 20.9 Å². The number of allylic oxidation sites excluding steroid dienone is 4. The Balaban J connectivity index is 1.31. The van der Waals surface area contributed by atoms with Gasteiger partial charge in [-0.25, -0.2) is 0 Å². The van der Waals surface area contributed by atoms with Gasteiger partial charge >= 0.3 is 0 Å². The van der Waals surface area contributed by atoms with Crippen molar-refractivity contribution in [3.05, 3.63) is 168 Å². The summed E-state index contributed by atoms with van der Waals surface area (Å²) in [5.41, 5.74) is 16.1. The average molecular weight is 523 g/mol. The van der Waals surface area contributed by atoms with Gasteiger partial charge in [0.05, 0.1) is 5.41 Å². The van der Waals surface area contributed by atoms with Crippen molar-refractivity contribution in [1.29, 1.82) is 0 Å². The van der Waals surface area contributed by atoms with Crippen molar-refractivity contribution in [3.8, 4) is 23.0 Å². The molecule has 6 rings (SSSR count). The van der Waals surface area contributed by atoms with Crippen LogP contribution >= 0.6 is 0 Å². The molecule has 0 spiro atoms. The van der Waals surface area contributed by atoms with Crippen molar-refractivity contribution in [2.24, 2.45) is 0 Å². The van der Waals surface area contributed by atoms with E-state index in [1.54, 1.807) is 0 Å². The summed E-state index contributed by atoms with van der Waals surface area (Å²) < 4.78 is 12.1. The quantitative estimate of drug-likeness (QED) is 0.166. The fourth-order valence-corrected chi connectivity index (χ4v) is 5.02. The molecule has 0 unspecified atom stereocenters. The Kier molecular flexibility index (Phi) is 6.82. The minimum absolute atomic E-state index is 0.218. The molecule has 0 fully saturated rings. The van der Waals surface area contributed by atoms with Gasteiger partial charge in [0.25, 0.3) is 0 Å². The largest absolute Gasteiger partial charge is 0.457 e. The van der Waals surface area contributed by atoms with Crippen LogP contribution < -0.4 is 20.9 Å². The molecule has 4 nitrogen and oxygen atoms in total. The summed E-state index contributed by atoms with van der Waals surface area (Å²) in [5, 5.41) is 0. The summed E-state index contributed by atoms with van der Waals surface area (Å²) in [7, 11) is 0. The van der Waals surface area contributed by atoms with Crippen molar-refractivity contribution in [2.45, 2.75) is 11.3 Å². The third-order valence-electron chi connectivity index (χ3n) is 7.21. The number of benzene rings is 5. The van der Waals surface area contributed by atoms with E-state index in [0.29, 0.717) is 11.4 Å². The highest BCUT2D eigenvalue weighted by molar-refractivity contribution is 5.55. The lowest BCUT2D eigenvalue weighted by atomic mass is 9.70. The van der Waals surface area contributed by atoms with E-state index in [1.807, 2.05) is 78.9 Å². The van der Waals surface area contributed by atoms with Gasteiger partial charge in [-0.15, -0.1) is 0 Å². The number of ether oxygens (including phenoxy) is 2. The maximum Gasteiger partial charge on any atom is 0.127 e. The zero-order valence-corrected chi connectivity index (χ0v) is 22.0. The molecule has 4 heteroatoms. The van der Waals surface area contributed by atoms with E-state index in [-0.39, 0.29) is 5.92 Å². The van der Waals surface area contributed by atoms with Crippen LogP contribution in [-0.4, -0.2) is 0 Å². The highest BCUT2D eigenvalue weighted by atomic mass is 16.5. The molecule has 0 saturated carbocycles. The summed E-state index contributed by atoms with van der Waals surface area (Å²) in [6.07, 6.45) is 9.17. The zero-order valence-electron chi connectivity index (χ0n) is 22.0. The highest BCUT2D eigenvalue weighted by Gasteiger charge is 2.32. The summed E-state index contributed by atoms with van der Waals surface area (Å²) in [6, 6.07) is 41.9. The van der Waals surface area contributed by atoms with Crippen molar-refractivity contribution in [3.63, 3.8) is 0 Å². The lowest BCUT2D eigenvalue weighted by Crippen LogP contribution is -2.25. The number of nitrogens with two attached hydrogens (primary N) is 2. The fourth-order valence-electron chi connectivity index (χ4n) is 5.02. The minimum atomic E-state index is -0.440. The first-order chi connectivity index (χ1) is 19.6. The molecule has 0 atom stereocenters. The Morgan fingerprint density at radius 3 is 1.23 bits per heavy atom. The van der Waals surface area contributed by atoms with E-state index in [9.17, 15) is 0 Å². The first kappa shape index (κ1) is 25.1. The molecule has 0 bridgehead atoms. The third-order valence-corrected chi connectivity index (χ3v) is 7.21. The third kappa shape index (κ3) is 5.33. The van der Waals surface area contributed by atoms with Gasteiger partial charge in [-0.1, -0.05) is 78.9 Å². The van der Waals surface area contributed by atoms with E-state index in [2.05, 4.69) is 72.8 Å². The van der Waals surface area contributed by atoms with Crippen molar-refractivity contribution >= 4 is 11.4 Å². The van der Waals surface area contributed by atoms with Crippen LogP contribution in [0.2, 0.25) is 0 Å². The van der Waals surface area contributed by atoms with Gasteiger partial charge in [0, 0.05) is 17.3 Å². The highest BCUT2D eigenvalue weighted by Crippen LogP contribution is 2.42. The number of hydrogen-bond donors (Lipinski definition) is 2. The van der Waals surface area contributed by atoms with Crippen LogP contribution in [0.15, 0.2) is 152 Å². The second-order valence-corrected chi connectivity index (χ2v) is 9.91. The van der Waals surface area contributed by atoms with Gasteiger partial charge in [0.1, 0.15) is 23.0 Å². The lowest BCUT2D eigenvalue weighted by Gasteiger charge is -2.33. The molecule has 0 aromatic heterocycles. The zero-order chi connectivity index (χ0) is 27.4. The van der Waals surface area contributed by atoms with Gasteiger partial charge in [0.15, 0.2) is 0 Å². The van der Waals surface area contributed by atoms with E-state index >= 15 is 0 Å². The molecule has 4 N–H and O–H groups in total. The smallest absolute Gasteiger partial charge is 0.127 e. The topological polar surface area (TPSA) is 70.5 Å². The first-order valence-corrected chi connectivity index (χ1v) is 13.3. The molecule has 1 aliphatic rings. The number of rotatable bonds is 7. The summed E-state index contributed by atoms with van der Waals surface area (Å²) in [5.74, 6) is 3.24. The Morgan fingerprint density at radius 2 is 0.825 bits per heavy atom. The molecular weight excluding hydrogens is 492 g/mol. The first-order valence-electron chi connectivity index (χ1n) is 13.3. The standard InChI is InChI=1S/C36H30N2O2/c37-30-10-18-34(19-11-30)39-32-14-6-28(7-15-32)36(24-22-27(23-25-36)26-4-2-1-3-5-26)29-8-16-33(17-9-29)40-35-20-12-31(38)13-21-35/h1-25,27H,37-38H2. The average Bonchev–Trinajstić information content (AvgIpc) is 3.01. The summed E-state index contributed by atoms with van der Waals surface area (Å²) in [6.45, 7) is 0. The van der Waals surface area contributed by atoms with E-state index < -0.39 is 5.41 Å². The van der Waals surface area contributed by atoms with Crippen LogP contribution in [0.1, 0.15) is 22.6 Å². The second-order valence-electron chi connectivity index (χ2n) is 9.91. The van der Waals surface area contributed by atoms with Gasteiger partial charge in [-0.05, 0) is 89.5 Å². The van der Waals surface area contributed by atoms with Crippen LogP contribution in [0.4, 0.5) is 11.4 Å². The van der Waals surface area contributed by atoms with E-state index in [1.165, 1.54) is 5.56 Å². The van der Waals surface area contributed by atoms with Crippen LogP contribution in [0.5, 0.6) is 23.0 Å². The predicted molar refractivity (Wildman–Crippen MR) is 163 cm³/mol. The van der Waals surface area contributed by atoms with Gasteiger partial charge in [-0.3, -0.25) is 0 Å². The van der Waals surface area contributed by atoms with Gasteiger partial charge in [0.2, 0.25) is 0 Å². The Hall–Kier alpha value is -5.22. The Labute approximate surface area is 234 Å². The molecular formula is C36H30N2O2. The van der Waals surface area contributed by atoms with Crippen molar-refractivity contribution < 1.29 is 9.47 Å². The molecule has 1 aliphatic carbocycles. The second kappa shape index (κ2) is 10.9. The Bertz CT molecular complexity index is 1510.